The molecule has 5 unspecified atom stereocenters. The van der Waals surface area contributed by atoms with Crippen LogP contribution in [0.3, 0.4) is 0 Å². The largest absolute Gasteiger partial charge is 0.490 e. The average Bonchev–Trinajstić information content (AvgIpc) is 3.14. The van der Waals surface area contributed by atoms with Crippen LogP contribution in [0.15, 0.2) is 30.3 Å². The molecule has 6 heteroatoms. The molecule has 0 aliphatic carbocycles. The second kappa shape index (κ2) is 25.8. The van der Waals surface area contributed by atoms with Gasteiger partial charge in [0.25, 0.3) is 0 Å². The van der Waals surface area contributed by atoms with Gasteiger partial charge < -0.3 is 23.7 Å². The van der Waals surface area contributed by atoms with Crippen molar-refractivity contribution in [3.63, 3.8) is 0 Å². The van der Waals surface area contributed by atoms with Gasteiger partial charge in [0, 0.05) is 11.6 Å². The Morgan fingerprint density at radius 2 is 0.906 bits per heavy atom. The predicted octanol–water partition coefficient (Wildman–Crippen LogP) is 13.9. The highest BCUT2D eigenvalue weighted by molar-refractivity contribution is 6.12. The molecule has 0 aromatic heterocycles. The zero-order valence-electron chi connectivity index (χ0n) is 35.6. The number of carbonyl (C=O) groups is 1. The number of allylic oxidation sites excluding steroid dienone is 1. The molecule has 0 aliphatic rings. The van der Waals surface area contributed by atoms with E-state index in [0.717, 1.165) is 114 Å². The third kappa shape index (κ3) is 16.4. The van der Waals surface area contributed by atoms with E-state index in [9.17, 15) is 4.79 Å². The highest BCUT2D eigenvalue weighted by Crippen LogP contribution is 2.48. The zero-order chi connectivity index (χ0) is 39.2. The average molecular weight is 737 g/mol. The Hall–Kier alpha value is -3.15. The molecule has 0 heterocycles. The smallest absolute Gasteiger partial charge is 0.193 e. The monoisotopic (exact) mass is 737 g/mol. The molecule has 2 rings (SSSR count). The SMILES string of the molecule is CCCCC(C)Oc1ccc(CC)cc1C=CC(=O)c1c(OC(C)CCCC)c(OC(C)CCCC)cc(OC(C)CCCC)c1OC(C)CCCC. The molecule has 5 atom stereocenters. The number of hydrogen-bond donors (Lipinski definition) is 0. The molecule has 0 fully saturated rings. The van der Waals surface area contributed by atoms with Gasteiger partial charge in [0.1, 0.15) is 11.3 Å². The van der Waals surface area contributed by atoms with E-state index in [1.165, 1.54) is 5.56 Å². The molecule has 0 radical (unpaired) electrons. The first-order chi connectivity index (χ1) is 25.5. The van der Waals surface area contributed by atoms with E-state index >= 15 is 0 Å². The number of rotatable bonds is 29. The van der Waals surface area contributed by atoms with Gasteiger partial charge in [-0.25, -0.2) is 0 Å². The molecule has 0 bridgehead atoms. The van der Waals surface area contributed by atoms with Crippen LogP contribution in [0.5, 0.6) is 28.7 Å². The third-order valence-electron chi connectivity index (χ3n) is 9.75. The number of benzene rings is 2. The van der Waals surface area contributed by atoms with Crippen LogP contribution in [0, 0.1) is 0 Å². The summed E-state index contributed by atoms with van der Waals surface area (Å²) in [6, 6.07) is 8.19. The molecule has 6 nitrogen and oxygen atoms in total. The van der Waals surface area contributed by atoms with Crippen molar-refractivity contribution in [2.75, 3.05) is 0 Å². The van der Waals surface area contributed by atoms with Crippen LogP contribution in [-0.2, 0) is 6.42 Å². The second-order valence-electron chi connectivity index (χ2n) is 15.2. The Morgan fingerprint density at radius 1 is 0.528 bits per heavy atom. The maximum atomic E-state index is 14.9. The van der Waals surface area contributed by atoms with Gasteiger partial charge in [-0.1, -0.05) is 112 Å². The summed E-state index contributed by atoms with van der Waals surface area (Å²) in [5.74, 6) is 2.49. The third-order valence-corrected chi connectivity index (χ3v) is 9.75. The van der Waals surface area contributed by atoms with Gasteiger partial charge in [-0.15, -0.1) is 0 Å². The van der Waals surface area contributed by atoms with Gasteiger partial charge in [-0.3, -0.25) is 4.79 Å². The summed E-state index contributed by atoms with van der Waals surface area (Å²) in [5.41, 5.74) is 2.42. The van der Waals surface area contributed by atoms with Gasteiger partial charge in [0.2, 0.25) is 0 Å². The molecule has 2 aromatic rings. The van der Waals surface area contributed by atoms with Crippen molar-refractivity contribution in [2.45, 2.75) is 209 Å². The maximum Gasteiger partial charge on any atom is 0.193 e. The number of aryl methyl sites for hydroxylation is 1. The second-order valence-corrected chi connectivity index (χ2v) is 15.2. The lowest BCUT2D eigenvalue weighted by atomic mass is 10.0. The number of carbonyl (C=O) groups excluding carboxylic acids is 1. The van der Waals surface area contributed by atoms with Crippen LogP contribution >= 0.6 is 0 Å². The lowest BCUT2D eigenvalue weighted by molar-refractivity contribution is 0.102. The van der Waals surface area contributed by atoms with Crippen molar-refractivity contribution in [1.29, 1.82) is 0 Å². The van der Waals surface area contributed by atoms with E-state index in [2.05, 4.69) is 88.3 Å². The first-order valence-corrected chi connectivity index (χ1v) is 21.4. The molecular weight excluding hydrogens is 661 g/mol. The van der Waals surface area contributed by atoms with E-state index in [-0.39, 0.29) is 36.3 Å². The summed E-state index contributed by atoms with van der Waals surface area (Å²) in [6.07, 6.45) is 19.2. The predicted molar refractivity (Wildman–Crippen MR) is 224 cm³/mol. The highest BCUT2D eigenvalue weighted by Gasteiger charge is 2.30. The van der Waals surface area contributed by atoms with E-state index in [0.29, 0.717) is 28.6 Å². The number of ether oxygens (including phenoxy) is 5. The Morgan fingerprint density at radius 3 is 1.28 bits per heavy atom. The van der Waals surface area contributed by atoms with E-state index in [1.807, 2.05) is 18.2 Å². The Labute approximate surface area is 324 Å². The Kier molecular flexibility index (Phi) is 22.4. The quantitative estimate of drug-likeness (QED) is 0.0612. The normalized spacial score (nSPS) is 14.4. The topological polar surface area (TPSA) is 63.2 Å². The minimum absolute atomic E-state index is 0.0671. The van der Waals surface area contributed by atoms with Crippen molar-refractivity contribution in [3.05, 3.63) is 47.0 Å². The highest BCUT2D eigenvalue weighted by atomic mass is 16.5. The summed E-state index contributed by atoms with van der Waals surface area (Å²) in [6.45, 7) is 23.5. The molecule has 0 saturated heterocycles. The number of unbranched alkanes of at least 4 members (excludes halogenated alkanes) is 5. The summed E-state index contributed by atoms with van der Waals surface area (Å²) in [4.78, 5) is 14.9. The minimum Gasteiger partial charge on any atom is -0.490 e. The molecule has 0 saturated carbocycles. The summed E-state index contributed by atoms with van der Waals surface area (Å²) < 4.78 is 33.4. The molecule has 300 valence electrons. The van der Waals surface area contributed by atoms with Gasteiger partial charge in [0.15, 0.2) is 28.8 Å². The zero-order valence-corrected chi connectivity index (χ0v) is 35.6. The molecule has 53 heavy (non-hydrogen) atoms. The fourth-order valence-electron chi connectivity index (χ4n) is 6.34. The first-order valence-electron chi connectivity index (χ1n) is 21.4. The fraction of sp³-hybridized carbons (Fsp3) is 0.681. The number of ketones is 1. The van der Waals surface area contributed by atoms with Gasteiger partial charge >= 0.3 is 0 Å². The van der Waals surface area contributed by atoms with E-state index in [4.69, 9.17) is 23.7 Å². The van der Waals surface area contributed by atoms with Gasteiger partial charge in [-0.2, -0.15) is 0 Å². The lowest BCUT2D eigenvalue weighted by Gasteiger charge is -2.27. The fourth-order valence-corrected chi connectivity index (χ4v) is 6.34. The van der Waals surface area contributed by atoms with Crippen LogP contribution < -0.4 is 23.7 Å². The molecular formula is C47H76O6. The molecule has 0 spiro atoms. The standard InChI is InChI=1S/C47H76O6/c1-12-18-23-34(7)49-42-31-28-39(17-6)32-40(42)29-30-41(48)45-46(52-37(10)26-21-15-4)43(50-35(8)24-19-13-2)33-44(51-36(9)25-20-14-3)47(45)53-38(11)27-22-16-5/h28-38H,12-27H2,1-11H3. The van der Waals surface area contributed by atoms with Crippen molar-refractivity contribution in [3.8, 4) is 28.7 Å². The van der Waals surface area contributed by atoms with Crippen molar-refractivity contribution >= 4 is 11.9 Å². The molecule has 2 aromatic carbocycles. The Balaban J connectivity index is 2.89. The van der Waals surface area contributed by atoms with Crippen LogP contribution in [-0.4, -0.2) is 36.3 Å². The van der Waals surface area contributed by atoms with Crippen molar-refractivity contribution in [2.24, 2.45) is 0 Å². The van der Waals surface area contributed by atoms with Crippen LogP contribution in [0.25, 0.3) is 6.08 Å². The Bertz CT molecular complexity index is 1290. The summed E-state index contributed by atoms with van der Waals surface area (Å²) in [7, 11) is 0. The molecule has 0 N–H and O–H groups in total. The molecule has 0 amide bonds. The van der Waals surface area contributed by atoms with Gasteiger partial charge in [0.05, 0.1) is 30.5 Å². The number of hydrogen-bond acceptors (Lipinski definition) is 6. The molecule has 0 aliphatic heterocycles. The van der Waals surface area contributed by atoms with Crippen molar-refractivity contribution in [1.82, 2.24) is 0 Å². The lowest BCUT2D eigenvalue weighted by Crippen LogP contribution is -2.21. The van der Waals surface area contributed by atoms with Crippen LogP contribution in [0.1, 0.15) is 194 Å². The van der Waals surface area contributed by atoms with Crippen molar-refractivity contribution < 1.29 is 28.5 Å². The van der Waals surface area contributed by atoms with Gasteiger partial charge in [-0.05, 0) is 103 Å². The minimum atomic E-state index is -0.218. The first kappa shape index (κ1) is 46.0. The van der Waals surface area contributed by atoms with E-state index < -0.39 is 0 Å². The van der Waals surface area contributed by atoms with E-state index in [1.54, 1.807) is 6.08 Å². The van der Waals surface area contributed by atoms with Crippen LogP contribution in [0.2, 0.25) is 0 Å². The summed E-state index contributed by atoms with van der Waals surface area (Å²) in [5, 5.41) is 0. The maximum absolute atomic E-state index is 14.9. The van der Waals surface area contributed by atoms with Crippen LogP contribution in [0.4, 0.5) is 0 Å². The summed E-state index contributed by atoms with van der Waals surface area (Å²) >= 11 is 0.